The van der Waals surface area contributed by atoms with Gasteiger partial charge in [-0.1, -0.05) is 13.8 Å². The molecule has 0 atom stereocenters. The standard InChI is InChI=1S/C11H18N4O3/c1-8(2)7-15-9(16)3-5-13-10(17)11(18)14-6-4-12/h8H,3,5-7H2,1-2H3,(H,13,17)(H,14,18)(H,15,16). The summed E-state index contributed by atoms with van der Waals surface area (Å²) in [5, 5.41) is 15.3. The number of rotatable bonds is 6. The summed E-state index contributed by atoms with van der Waals surface area (Å²) < 4.78 is 0. The second-order valence-electron chi connectivity index (χ2n) is 4.04. The lowest BCUT2D eigenvalue weighted by atomic mass is 10.2. The monoisotopic (exact) mass is 254 g/mol. The summed E-state index contributed by atoms with van der Waals surface area (Å²) in [7, 11) is 0. The predicted octanol–water partition coefficient (Wildman–Crippen LogP) is -1.10. The molecule has 0 heterocycles. The molecule has 3 amide bonds. The number of hydrogen-bond donors (Lipinski definition) is 3. The lowest BCUT2D eigenvalue weighted by Gasteiger charge is -2.08. The second kappa shape index (κ2) is 8.98. The van der Waals surface area contributed by atoms with Gasteiger partial charge in [0.15, 0.2) is 0 Å². The van der Waals surface area contributed by atoms with Crippen LogP contribution < -0.4 is 16.0 Å². The lowest BCUT2D eigenvalue weighted by Crippen LogP contribution is -2.41. The molecular formula is C11H18N4O3. The van der Waals surface area contributed by atoms with Crippen molar-refractivity contribution in [2.45, 2.75) is 20.3 Å². The zero-order valence-corrected chi connectivity index (χ0v) is 10.6. The second-order valence-corrected chi connectivity index (χ2v) is 4.04. The molecule has 0 rings (SSSR count). The van der Waals surface area contributed by atoms with Crippen LogP contribution in [0.1, 0.15) is 20.3 Å². The van der Waals surface area contributed by atoms with Gasteiger partial charge in [0, 0.05) is 19.5 Å². The number of nitrogens with one attached hydrogen (secondary N) is 3. The first-order valence-electron chi connectivity index (χ1n) is 5.67. The third kappa shape index (κ3) is 8.10. The van der Waals surface area contributed by atoms with Gasteiger partial charge in [0.1, 0.15) is 6.54 Å². The maximum absolute atomic E-state index is 11.3. The number of nitrogens with zero attached hydrogens (tertiary/aromatic N) is 1. The van der Waals surface area contributed by atoms with E-state index in [1.807, 2.05) is 13.8 Å². The van der Waals surface area contributed by atoms with E-state index in [1.165, 1.54) is 0 Å². The van der Waals surface area contributed by atoms with Crippen LogP contribution in [0.3, 0.4) is 0 Å². The van der Waals surface area contributed by atoms with Crippen LogP contribution >= 0.6 is 0 Å². The average Bonchev–Trinajstić information content (AvgIpc) is 2.33. The van der Waals surface area contributed by atoms with Crippen molar-refractivity contribution in [3.8, 4) is 6.07 Å². The molecule has 7 nitrogen and oxygen atoms in total. The van der Waals surface area contributed by atoms with E-state index in [0.717, 1.165) is 0 Å². The first kappa shape index (κ1) is 15.9. The van der Waals surface area contributed by atoms with Gasteiger partial charge < -0.3 is 16.0 Å². The van der Waals surface area contributed by atoms with Crippen molar-refractivity contribution in [1.29, 1.82) is 5.26 Å². The molecule has 0 spiro atoms. The van der Waals surface area contributed by atoms with Gasteiger partial charge in [0.05, 0.1) is 6.07 Å². The third-order valence-corrected chi connectivity index (χ3v) is 1.88. The topological polar surface area (TPSA) is 111 Å². The molecule has 0 aliphatic rings. The summed E-state index contributed by atoms with van der Waals surface area (Å²) >= 11 is 0. The van der Waals surface area contributed by atoms with Gasteiger partial charge in [0.25, 0.3) is 0 Å². The Labute approximate surface area is 106 Å². The summed E-state index contributed by atoms with van der Waals surface area (Å²) in [6.45, 7) is 4.39. The molecule has 0 aliphatic carbocycles. The average molecular weight is 254 g/mol. The minimum atomic E-state index is -0.876. The fourth-order valence-corrected chi connectivity index (χ4v) is 0.976. The molecule has 0 aliphatic heterocycles. The number of hydrogen-bond acceptors (Lipinski definition) is 4. The zero-order valence-electron chi connectivity index (χ0n) is 10.6. The molecular weight excluding hydrogens is 236 g/mol. The maximum atomic E-state index is 11.3. The predicted molar refractivity (Wildman–Crippen MR) is 64.1 cm³/mol. The highest BCUT2D eigenvalue weighted by molar-refractivity contribution is 6.35. The van der Waals surface area contributed by atoms with Crippen LogP contribution in [0.2, 0.25) is 0 Å². The Balaban J connectivity index is 3.71. The van der Waals surface area contributed by atoms with Gasteiger partial charge in [-0.2, -0.15) is 5.26 Å². The Morgan fingerprint density at radius 1 is 1.11 bits per heavy atom. The van der Waals surface area contributed by atoms with Gasteiger partial charge in [-0.25, -0.2) is 0 Å². The van der Waals surface area contributed by atoms with Crippen molar-refractivity contribution < 1.29 is 14.4 Å². The Bertz CT molecular complexity index is 347. The fourth-order valence-electron chi connectivity index (χ4n) is 0.976. The molecule has 7 heteroatoms. The maximum Gasteiger partial charge on any atom is 0.310 e. The molecule has 0 aromatic carbocycles. The van der Waals surface area contributed by atoms with Gasteiger partial charge in [-0.15, -0.1) is 0 Å². The minimum absolute atomic E-state index is 0.0860. The summed E-state index contributed by atoms with van der Waals surface area (Å²) in [6, 6.07) is 1.68. The van der Waals surface area contributed by atoms with Crippen LogP contribution in [0.4, 0.5) is 0 Å². The summed E-state index contributed by atoms with van der Waals surface area (Å²) in [4.78, 5) is 33.4. The first-order valence-corrected chi connectivity index (χ1v) is 5.67. The van der Waals surface area contributed by atoms with Crippen LogP contribution in [0, 0.1) is 17.2 Å². The Hall–Kier alpha value is -2.10. The quantitative estimate of drug-likeness (QED) is 0.413. The van der Waals surface area contributed by atoms with Crippen LogP contribution in [-0.2, 0) is 14.4 Å². The highest BCUT2D eigenvalue weighted by Crippen LogP contribution is 1.87. The van der Waals surface area contributed by atoms with Gasteiger partial charge in [-0.05, 0) is 5.92 Å². The van der Waals surface area contributed by atoms with E-state index in [0.29, 0.717) is 12.5 Å². The van der Waals surface area contributed by atoms with Crippen molar-refractivity contribution in [2.75, 3.05) is 19.6 Å². The number of nitriles is 1. The Morgan fingerprint density at radius 2 is 1.72 bits per heavy atom. The SMILES string of the molecule is CC(C)CNC(=O)CCNC(=O)C(=O)NCC#N. The smallest absolute Gasteiger partial charge is 0.310 e. The molecule has 0 radical (unpaired) electrons. The van der Waals surface area contributed by atoms with E-state index in [4.69, 9.17) is 5.26 Å². The van der Waals surface area contributed by atoms with E-state index in [9.17, 15) is 14.4 Å². The normalized spacial score (nSPS) is 9.44. The van der Waals surface area contributed by atoms with Gasteiger partial charge >= 0.3 is 11.8 Å². The van der Waals surface area contributed by atoms with Crippen molar-refractivity contribution in [2.24, 2.45) is 5.92 Å². The molecule has 0 aromatic rings. The van der Waals surface area contributed by atoms with Crippen molar-refractivity contribution in [1.82, 2.24) is 16.0 Å². The third-order valence-electron chi connectivity index (χ3n) is 1.88. The molecule has 0 fully saturated rings. The largest absolute Gasteiger partial charge is 0.356 e. The van der Waals surface area contributed by atoms with E-state index >= 15 is 0 Å². The molecule has 0 unspecified atom stereocenters. The number of amides is 3. The van der Waals surface area contributed by atoms with Crippen LogP contribution in [0.25, 0.3) is 0 Å². The fraction of sp³-hybridized carbons (Fsp3) is 0.636. The number of carbonyl (C=O) groups excluding carboxylic acids is 3. The highest BCUT2D eigenvalue weighted by Gasteiger charge is 2.12. The molecule has 0 bridgehead atoms. The highest BCUT2D eigenvalue weighted by atomic mass is 16.2. The van der Waals surface area contributed by atoms with E-state index in [1.54, 1.807) is 6.07 Å². The van der Waals surface area contributed by atoms with E-state index in [-0.39, 0.29) is 25.4 Å². The van der Waals surface area contributed by atoms with Crippen LogP contribution in [0.5, 0.6) is 0 Å². The van der Waals surface area contributed by atoms with Crippen molar-refractivity contribution in [3.63, 3.8) is 0 Å². The molecule has 0 saturated carbocycles. The Kier molecular flexibility index (Phi) is 7.94. The van der Waals surface area contributed by atoms with Crippen molar-refractivity contribution >= 4 is 17.7 Å². The van der Waals surface area contributed by atoms with Crippen LogP contribution in [-0.4, -0.2) is 37.4 Å². The lowest BCUT2D eigenvalue weighted by molar-refractivity contribution is -0.139. The first-order chi connectivity index (χ1) is 8.47. The molecule has 0 aromatic heterocycles. The van der Waals surface area contributed by atoms with Crippen molar-refractivity contribution in [3.05, 3.63) is 0 Å². The van der Waals surface area contributed by atoms with Crippen LogP contribution in [0.15, 0.2) is 0 Å². The van der Waals surface area contributed by atoms with E-state index < -0.39 is 11.8 Å². The van der Waals surface area contributed by atoms with E-state index in [2.05, 4.69) is 16.0 Å². The minimum Gasteiger partial charge on any atom is -0.356 e. The summed E-state index contributed by atoms with van der Waals surface area (Å²) in [6.07, 6.45) is 0.115. The molecule has 0 saturated heterocycles. The van der Waals surface area contributed by atoms with Gasteiger partial charge in [-0.3, -0.25) is 14.4 Å². The summed E-state index contributed by atoms with van der Waals surface area (Å²) in [5.41, 5.74) is 0. The summed E-state index contributed by atoms with van der Waals surface area (Å²) in [5.74, 6) is -1.54. The Morgan fingerprint density at radius 3 is 2.28 bits per heavy atom. The zero-order chi connectivity index (χ0) is 14.0. The molecule has 18 heavy (non-hydrogen) atoms. The van der Waals surface area contributed by atoms with Gasteiger partial charge in [0.2, 0.25) is 5.91 Å². The molecule has 3 N–H and O–H groups in total. The molecule has 100 valence electrons. The number of carbonyl (C=O) groups is 3.